The molecular weight excluding hydrogens is 331 g/mol. The Hall–Kier alpha value is -0.770. The van der Waals surface area contributed by atoms with Crippen LogP contribution in [0.2, 0.25) is 10.0 Å². The third-order valence-electron chi connectivity index (χ3n) is 5.22. The quantitative estimate of drug-likeness (QED) is 0.869. The van der Waals surface area contributed by atoms with Gasteiger partial charge in [0.25, 0.3) is 5.91 Å². The molecule has 1 aliphatic heterocycles. The first kappa shape index (κ1) is 17.1. The number of carbonyl (C=O) groups is 1. The highest BCUT2D eigenvalue weighted by Gasteiger charge is 2.27. The summed E-state index contributed by atoms with van der Waals surface area (Å²) in [5.41, 5.74) is 0.499. The molecule has 0 unspecified atom stereocenters. The van der Waals surface area contributed by atoms with Crippen molar-refractivity contribution in [2.75, 3.05) is 19.6 Å². The maximum Gasteiger partial charge on any atom is 0.252 e. The predicted octanol–water partition coefficient (Wildman–Crippen LogP) is 4.38. The Morgan fingerprint density at radius 1 is 1.13 bits per heavy atom. The number of hydrogen-bond donors (Lipinski definition) is 1. The molecule has 1 saturated carbocycles. The monoisotopic (exact) mass is 354 g/mol. The van der Waals surface area contributed by atoms with Gasteiger partial charge >= 0.3 is 0 Å². The highest BCUT2D eigenvalue weighted by atomic mass is 35.5. The smallest absolute Gasteiger partial charge is 0.252 e. The van der Waals surface area contributed by atoms with E-state index in [1.165, 1.54) is 51.6 Å². The van der Waals surface area contributed by atoms with Crippen LogP contribution in [0.15, 0.2) is 18.2 Å². The first-order chi connectivity index (χ1) is 11.1. The van der Waals surface area contributed by atoms with Gasteiger partial charge in [0.05, 0.1) is 10.6 Å². The number of amides is 1. The number of piperidine rings is 1. The highest BCUT2D eigenvalue weighted by Crippen LogP contribution is 2.27. The van der Waals surface area contributed by atoms with Crippen molar-refractivity contribution in [3.8, 4) is 0 Å². The molecule has 0 atom stereocenters. The molecule has 126 valence electrons. The number of hydrogen-bond acceptors (Lipinski definition) is 2. The minimum Gasteiger partial charge on any atom is -0.352 e. The molecule has 0 radical (unpaired) electrons. The fourth-order valence-electron chi connectivity index (χ4n) is 3.80. The van der Waals surface area contributed by atoms with Gasteiger partial charge in [0, 0.05) is 17.6 Å². The molecule has 3 rings (SSSR count). The SMILES string of the molecule is O=C(NCC1CCN(C2CCCC2)CC1)c1ccc(Cl)cc1Cl. The van der Waals surface area contributed by atoms with Crippen molar-refractivity contribution < 1.29 is 4.79 Å². The lowest BCUT2D eigenvalue weighted by atomic mass is 9.95. The summed E-state index contributed by atoms with van der Waals surface area (Å²) in [5.74, 6) is 0.465. The molecular formula is C18H24Cl2N2O. The number of nitrogens with zero attached hydrogens (tertiary/aromatic N) is 1. The lowest BCUT2D eigenvalue weighted by Gasteiger charge is -2.36. The molecule has 2 fully saturated rings. The Morgan fingerprint density at radius 2 is 1.83 bits per heavy atom. The fraction of sp³-hybridized carbons (Fsp3) is 0.611. The molecule has 0 aromatic heterocycles. The predicted molar refractivity (Wildman–Crippen MR) is 95.3 cm³/mol. The van der Waals surface area contributed by atoms with Crippen LogP contribution in [0.25, 0.3) is 0 Å². The van der Waals surface area contributed by atoms with Crippen LogP contribution >= 0.6 is 23.2 Å². The maximum absolute atomic E-state index is 12.2. The fourth-order valence-corrected chi connectivity index (χ4v) is 4.29. The summed E-state index contributed by atoms with van der Waals surface area (Å²) in [6.45, 7) is 3.08. The molecule has 23 heavy (non-hydrogen) atoms. The molecule has 0 bridgehead atoms. The number of likely N-dealkylation sites (tertiary alicyclic amines) is 1. The molecule has 0 spiro atoms. The first-order valence-corrected chi connectivity index (χ1v) is 9.36. The Kier molecular flexibility index (Phi) is 5.84. The number of carbonyl (C=O) groups excluding carboxylic acids is 1. The first-order valence-electron chi connectivity index (χ1n) is 8.61. The molecule has 1 aliphatic carbocycles. The number of benzene rings is 1. The largest absolute Gasteiger partial charge is 0.352 e. The van der Waals surface area contributed by atoms with E-state index in [0.717, 1.165) is 12.6 Å². The number of rotatable bonds is 4. The van der Waals surface area contributed by atoms with Gasteiger partial charge in [-0.05, 0) is 62.9 Å². The Bertz CT molecular complexity index is 550. The van der Waals surface area contributed by atoms with Crippen LogP contribution in [0.5, 0.6) is 0 Å². The Balaban J connectivity index is 1.45. The van der Waals surface area contributed by atoms with E-state index in [9.17, 15) is 4.79 Å². The van der Waals surface area contributed by atoms with E-state index < -0.39 is 0 Å². The summed E-state index contributed by atoms with van der Waals surface area (Å²) in [4.78, 5) is 14.9. The highest BCUT2D eigenvalue weighted by molar-refractivity contribution is 6.36. The van der Waals surface area contributed by atoms with E-state index in [1.54, 1.807) is 18.2 Å². The molecule has 2 aliphatic rings. The van der Waals surface area contributed by atoms with Crippen LogP contribution in [0.3, 0.4) is 0 Å². The zero-order valence-electron chi connectivity index (χ0n) is 13.4. The van der Waals surface area contributed by atoms with E-state index >= 15 is 0 Å². The van der Waals surface area contributed by atoms with Crippen molar-refractivity contribution in [2.24, 2.45) is 5.92 Å². The molecule has 1 amide bonds. The van der Waals surface area contributed by atoms with Gasteiger partial charge in [-0.2, -0.15) is 0 Å². The number of halogens is 2. The van der Waals surface area contributed by atoms with Crippen LogP contribution in [0.4, 0.5) is 0 Å². The van der Waals surface area contributed by atoms with Gasteiger partial charge in [-0.25, -0.2) is 0 Å². The topological polar surface area (TPSA) is 32.3 Å². The molecule has 1 N–H and O–H groups in total. The lowest BCUT2D eigenvalue weighted by molar-refractivity contribution is 0.0925. The second kappa shape index (κ2) is 7.87. The van der Waals surface area contributed by atoms with Crippen molar-refractivity contribution in [2.45, 2.75) is 44.6 Å². The molecule has 1 aromatic carbocycles. The zero-order valence-corrected chi connectivity index (χ0v) is 14.9. The minimum atomic E-state index is -0.107. The van der Waals surface area contributed by atoms with Crippen molar-refractivity contribution >= 4 is 29.1 Å². The van der Waals surface area contributed by atoms with Crippen LogP contribution in [0.1, 0.15) is 48.9 Å². The van der Waals surface area contributed by atoms with Crippen LogP contribution in [0, 0.1) is 5.92 Å². The summed E-state index contributed by atoms with van der Waals surface area (Å²) in [6.07, 6.45) is 7.87. The van der Waals surface area contributed by atoms with E-state index in [2.05, 4.69) is 10.2 Å². The third-order valence-corrected chi connectivity index (χ3v) is 5.77. The molecule has 1 saturated heterocycles. The van der Waals surface area contributed by atoms with E-state index in [1.807, 2.05) is 0 Å². The van der Waals surface area contributed by atoms with Gasteiger partial charge in [0.15, 0.2) is 0 Å². The summed E-state index contributed by atoms with van der Waals surface area (Å²) >= 11 is 12.0. The lowest BCUT2D eigenvalue weighted by Crippen LogP contribution is -2.42. The maximum atomic E-state index is 12.2. The van der Waals surface area contributed by atoms with E-state index in [0.29, 0.717) is 21.5 Å². The van der Waals surface area contributed by atoms with Crippen molar-refractivity contribution in [3.63, 3.8) is 0 Å². The van der Waals surface area contributed by atoms with Gasteiger partial charge < -0.3 is 10.2 Å². The second-order valence-corrected chi connectivity index (χ2v) is 7.60. The van der Waals surface area contributed by atoms with Gasteiger partial charge in [-0.3, -0.25) is 4.79 Å². The minimum absolute atomic E-state index is 0.107. The summed E-state index contributed by atoms with van der Waals surface area (Å²) in [6, 6.07) is 5.81. The van der Waals surface area contributed by atoms with Crippen molar-refractivity contribution in [1.82, 2.24) is 10.2 Å². The Labute approximate surface area is 148 Å². The van der Waals surface area contributed by atoms with Crippen LogP contribution < -0.4 is 5.32 Å². The molecule has 1 aromatic rings. The third kappa shape index (κ3) is 4.40. The average molecular weight is 355 g/mol. The van der Waals surface area contributed by atoms with E-state index in [-0.39, 0.29) is 5.91 Å². The van der Waals surface area contributed by atoms with Crippen molar-refractivity contribution in [1.29, 1.82) is 0 Å². The average Bonchev–Trinajstić information content (AvgIpc) is 3.07. The van der Waals surface area contributed by atoms with Gasteiger partial charge in [-0.15, -0.1) is 0 Å². The van der Waals surface area contributed by atoms with Gasteiger partial charge in [-0.1, -0.05) is 36.0 Å². The normalized spacial score (nSPS) is 20.8. The van der Waals surface area contributed by atoms with Crippen molar-refractivity contribution in [3.05, 3.63) is 33.8 Å². The zero-order chi connectivity index (χ0) is 16.2. The summed E-state index contributed by atoms with van der Waals surface area (Å²) in [7, 11) is 0. The van der Waals surface area contributed by atoms with Gasteiger partial charge in [0.2, 0.25) is 0 Å². The second-order valence-electron chi connectivity index (χ2n) is 6.75. The molecule has 5 heteroatoms. The van der Waals surface area contributed by atoms with Gasteiger partial charge in [0.1, 0.15) is 0 Å². The summed E-state index contributed by atoms with van der Waals surface area (Å²) in [5, 5.41) is 3.98. The molecule has 1 heterocycles. The van der Waals surface area contributed by atoms with Crippen LogP contribution in [-0.2, 0) is 0 Å². The molecule has 3 nitrogen and oxygen atoms in total. The van der Waals surface area contributed by atoms with E-state index in [4.69, 9.17) is 23.2 Å². The summed E-state index contributed by atoms with van der Waals surface area (Å²) < 4.78 is 0. The van der Waals surface area contributed by atoms with Crippen LogP contribution in [-0.4, -0.2) is 36.5 Å². The Morgan fingerprint density at radius 3 is 2.48 bits per heavy atom. The standard InChI is InChI=1S/C18H24Cl2N2O/c19-14-5-6-16(17(20)11-14)18(23)21-12-13-7-9-22(10-8-13)15-3-1-2-4-15/h5-6,11,13,15H,1-4,7-10,12H2,(H,21,23). The number of nitrogens with one attached hydrogen (secondary N) is 1.